The second-order valence-electron chi connectivity index (χ2n) is 7.61. The molecule has 0 aliphatic heterocycles. The van der Waals surface area contributed by atoms with Crippen molar-refractivity contribution in [1.82, 2.24) is 9.55 Å². The van der Waals surface area contributed by atoms with E-state index in [0.717, 1.165) is 22.3 Å². The Balaban J connectivity index is 1.66. The van der Waals surface area contributed by atoms with Crippen LogP contribution in [0, 0.1) is 30.9 Å². The largest absolute Gasteiger partial charge is 0.324 e. The third-order valence-electron chi connectivity index (χ3n) is 5.40. The number of hydrogen-bond donors (Lipinski definition) is 1. The van der Waals surface area contributed by atoms with Gasteiger partial charge in [-0.3, -0.25) is 24.3 Å². The van der Waals surface area contributed by atoms with Crippen molar-refractivity contribution in [1.29, 1.82) is 0 Å². The third-order valence-corrected chi connectivity index (χ3v) is 6.28. The summed E-state index contributed by atoms with van der Waals surface area (Å²) < 4.78 is 1.25. The summed E-state index contributed by atoms with van der Waals surface area (Å²) in [5.74, 6) is -0.472. The molecule has 4 rings (SSSR count). The number of rotatable bonds is 5. The zero-order valence-corrected chi connectivity index (χ0v) is 18.5. The number of non-ortho nitro benzene ring substituents is 1. The Hall–Kier alpha value is -3.85. The second kappa shape index (κ2) is 8.35. The molecule has 9 heteroatoms. The van der Waals surface area contributed by atoms with E-state index in [1.165, 1.54) is 34.4 Å². The number of thiophene rings is 1. The highest BCUT2D eigenvalue weighted by Gasteiger charge is 2.16. The van der Waals surface area contributed by atoms with E-state index in [1.54, 1.807) is 13.0 Å². The van der Waals surface area contributed by atoms with E-state index < -0.39 is 10.8 Å². The van der Waals surface area contributed by atoms with Crippen LogP contribution in [0.3, 0.4) is 0 Å². The number of aryl methyl sites for hydroxylation is 3. The summed E-state index contributed by atoms with van der Waals surface area (Å²) >= 11 is 1.38. The number of fused-ring (bicyclic) bond motifs is 1. The van der Waals surface area contributed by atoms with Crippen LogP contribution in [-0.2, 0) is 11.3 Å². The van der Waals surface area contributed by atoms with Gasteiger partial charge < -0.3 is 5.32 Å². The number of nitro benzene ring substituents is 1. The number of nitrogens with zero attached hydrogens (tertiary/aromatic N) is 3. The van der Waals surface area contributed by atoms with Crippen molar-refractivity contribution in [3.8, 4) is 11.1 Å². The Morgan fingerprint density at radius 1 is 1.12 bits per heavy atom. The van der Waals surface area contributed by atoms with Gasteiger partial charge in [-0.1, -0.05) is 24.3 Å². The first-order chi connectivity index (χ1) is 15.2. The molecule has 0 bridgehead atoms. The maximum atomic E-state index is 13.2. The number of hydrogen-bond acceptors (Lipinski definition) is 6. The van der Waals surface area contributed by atoms with E-state index in [2.05, 4.69) is 10.3 Å². The minimum Gasteiger partial charge on any atom is -0.324 e. The Kier molecular flexibility index (Phi) is 5.58. The first-order valence-electron chi connectivity index (χ1n) is 9.83. The van der Waals surface area contributed by atoms with Crippen molar-refractivity contribution in [2.45, 2.75) is 27.3 Å². The molecule has 4 aromatic rings. The van der Waals surface area contributed by atoms with Gasteiger partial charge in [-0.25, -0.2) is 4.98 Å². The predicted molar refractivity (Wildman–Crippen MR) is 125 cm³/mol. The first kappa shape index (κ1) is 21.4. The molecule has 1 amide bonds. The van der Waals surface area contributed by atoms with E-state index >= 15 is 0 Å². The summed E-state index contributed by atoms with van der Waals surface area (Å²) in [5.41, 5.74) is 4.58. The summed E-state index contributed by atoms with van der Waals surface area (Å²) in [6.07, 6.45) is 1.35. The fraction of sp³-hybridized carbons (Fsp3) is 0.174. The van der Waals surface area contributed by atoms with Crippen LogP contribution in [0.25, 0.3) is 21.3 Å². The average molecular weight is 449 g/mol. The van der Waals surface area contributed by atoms with Crippen LogP contribution in [0.2, 0.25) is 0 Å². The van der Waals surface area contributed by atoms with Crippen LogP contribution in [0.15, 0.2) is 52.9 Å². The smallest absolute Gasteiger partial charge is 0.271 e. The van der Waals surface area contributed by atoms with Gasteiger partial charge in [0.05, 0.1) is 22.3 Å². The highest BCUT2D eigenvalue weighted by atomic mass is 32.1. The topological polar surface area (TPSA) is 107 Å². The van der Waals surface area contributed by atoms with Gasteiger partial charge in [0, 0.05) is 23.1 Å². The van der Waals surface area contributed by atoms with Gasteiger partial charge in [0.1, 0.15) is 11.4 Å². The van der Waals surface area contributed by atoms with Crippen molar-refractivity contribution in [3.63, 3.8) is 0 Å². The molecule has 0 aliphatic rings. The summed E-state index contributed by atoms with van der Waals surface area (Å²) in [5, 5.41) is 16.0. The van der Waals surface area contributed by atoms with Gasteiger partial charge in [0.15, 0.2) is 0 Å². The van der Waals surface area contributed by atoms with Crippen LogP contribution < -0.4 is 10.9 Å². The molecule has 0 saturated carbocycles. The van der Waals surface area contributed by atoms with Crippen molar-refractivity contribution >= 4 is 38.8 Å². The van der Waals surface area contributed by atoms with Crippen LogP contribution in [-0.4, -0.2) is 20.4 Å². The Labute approximate surface area is 187 Å². The molecule has 0 saturated heterocycles. The quantitative estimate of drug-likeness (QED) is 0.355. The Morgan fingerprint density at radius 3 is 2.59 bits per heavy atom. The van der Waals surface area contributed by atoms with E-state index in [4.69, 9.17) is 0 Å². The van der Waals surface area contributed by atoms with Gasteiger partial charge in [0.25, 0.3) is 11.2 Å². The monoisotopic (exact) mass is 448 g/mol. The summed E-state index contributed by atoms with van der Waals surface area (Å²) in [6.45, 7) is 5.53. The number of carbonyl (C=O) groups excluding carboxylic acids is 1. The highest BCUT2D eigenvalue weighted by molar-refractivity contribution is 7.17. The van der Waals surface area contributed by atoms with E-state index in [9.17, 15) is 19.7 Å². The molecule has 162 valence electrons. The molecule has 2 aromatic heterocycles. The summed E-state index contributed by atoms with van der Waals surface area (Å²) in [4.78, 5) is 41.3. The van der Waals surface area contributed by atoms with Gasteiger partial charge in [-0.2, -0.15) is 0 Å². The maximum absolute atomic E-state index is 13.2. The molecule has 0 unspecified atom stereocenters. The number of nitrogens with one attached hydrogen (secondary N) is 1. The number of carbonyl (C=O) groups is 1. The standard InChI is InChI=1S/C23H20N4O4S/c1-13-4-6-16(8-15(13)3)18-11-32-22-21(18)23(29)26(12-24-22)10-20(28)25-19-9-17(27(30)31)7-5-14(19)2/h4-9,11-12H,10H2,1-3H3,(H,25,28). The number of benzene rings is 2. The molecular weight excluding hydrogens is 428 g/mol. The first-order valence-corrected chi connectivity index (χ1v) is 10.7. The van der Waals surface area contributed by atoms with Gasteiger partial charge in [-0.15, -0.1) is 11.3 Å². The van der Waals surface area contributed by atoms with Crippen molar-refractivity contribution in [2.75, 3.05) is 5.32 Å². The lowest BCUT2D eigenvalue weighted by Crippen LogP contribution is -2.28. The number of nitro groups is 1. The van der Waals surface area contributed by atoms with Gasteiger partial charge >= 0.3 is 0 Å². The SMILES string of the molecule is Cc1ccc(-c2csc3ncn(CC(=O)Nc4cc([N+](=O)[O-])ccc4C)c(=O)c23)cc1C. The molecule has 2 heterocycles. The molecule has 1 N–H and O–H groups in total. The maximum Gasteiger partial charge on any atom is 0.271 e. The molecule has 0 spiro atoms. The Morgan fingerprint density at radius 2 is 1.88 bits per heavy atom. The lowest BCUT2D eigenvalue weighted by Gasteiger charge is -2.10. The molecular formula is C23H20N4O4S. The molecule has 2 aromatic carbocycles. The van der Waals surface area contributed by atoms with Crippen molar-refractivity contribution < 1.29 is 9.72 Å². The minimum absolute atomic E-state index is 0.123. The highest BCUT2D eigenvalue weighted by Crippen LogP contribution is 2.31. The van der Waals surface area contributed by atoms with E-state index in [1.807, 2.05) is 37.4 Å². The molecule has 8 nitrogen and oxygen atoms in total. The van der Waals surface area contributed by atoms with Crippen LogP contribution in [0.5, 0.6) is 0 Å². The van der Waals surface area contributed by atoms with Crippen molar-refractivity contribution in [3.05, 3.63) is 85.3 Å². The lowest BCUT2D eigenvalue weighted by atomic mass is 10.0. The fourth-order valence-electron chi connectivity index (χ4n) is 3.40. The van der Waals surface area contributed by atoms with Crippen LogP contribution >= 0.6 is 11.3 Å². The Bertz CT molecular complexity index is 1440. The predicted octanol–water partition coefficient (Wildman–Crippen LogP) is 4.60. The molecule has 0 aliphatic carbocycles. The third kappa shape index (κ3) is 4.02. The van der Waals surface area contributed by atoms with Gasteiger partial charge in [-0.05, 0) is 43.0 Å². The fourth-order valence-corrected chi connectivity index (χ4v) is 4.31. The van der Waals surface area contributed by atoms with Crippen molar-refractivity contribution in [2.24, 2.45) is 0 Å². The molecule has 0 fully saturated rings. The van der Waals surface area contributed by atoms with E-state index in [0.29, 0.717) is 21.5 Å². The van der Waals surface area contributed by atoms with Gasteiger partial charge in [0.2, 0.25) is 5.91 Å². The average Bonchev–Trinajstić information content (AvgIpc) is 3.18. The normalized spacial score (nSPS) is 11.0. The zero-order chi connectivity index (χ0) is 23.0. The second-order valence-corrected chi connectivity index (χ2v) is 8.47. The minimum atomic E-state index is -0.525. The molecule has 0 radical (unpaired) electrons. The molecule has 0 atom stereocenters. The lowest BCUT2D eigenvalue weighted by molar-refractivity contribution is -0.384. The van der Waals surface area contributed by atoms with Crippen LogP contribution in [0.1, 0.15) is 16.7 Å². The summed E-state index contributed by atoms with van der Waals surface area (Å²) in [6, 6.07) is 10.3. The van der Waals surface area contributed by atoms with Crippen LogP contribution in [0.4, 0.5) is 11.4 Å². The number of anilines is 1. The number of aromatic nitrogens is 2. The van der Waals surface area contributed by atoms with E-state index in [-0.39, 0.29) is 17.8 Å². The number of amides is 1. The molecule has 32 heavy (non-hydrogen) atoms. The summed E-state index contributed by atoms with van der Waals surface area (Å²) in [7, 11) is 0. The zero-order valence-electron chi connectivity index (χ0n) is 17.7.